The fourth-order valence-corrected chi connectivity index (χ4v) is 7.09. The molecule has 0 spiro atoms. The van der Waals surface area contributed by atoms with Crippen molar-refractivity contribution in [2.45, 2.75) is 70.1 Å². The molecule has 0 unspecified atom stereocenters. The molecule has 1 aromatic rings. The summed E-state index contributed by atoms with van der Waals surface area (Å²) in [5.41, 5.74) is -0.492. The number of nitrogens with one attached hydrogen (secondary N) is 1. The Kier molecular flexibility index (Phi) is 10.5. The van der Waals surface area contributed by atoms with Crippen molar-refractivity contribution in [3.8, 4) is 0 Å². The maximum absolute atomic E-state index is 13.5. The topological polar surface area (TPSA) is 166 Å². The van der Waals surface area contributed by atoms with E-state index in [1.165, 1.54) is 47.7 Å². The Morgan fingerprint density at radius 1 is 1.21 bits per heavy atom. The zero-order chi connectivity index (χ0) is 30.4. The number of anilines is 1. The Morgan fingerprint density at radius 3 is 2.45 bits per heavy atom. The summed E-state index contributed by atoms with van der Waals surface area (Å²) in [7, 11) is 1.25. The van der Waals surface area contributed by atoms with Gasteiger partial charge in [0.1, 0.15) is 11.6 Å². The standard InChI is InChI=1S/C28H35N3O9S.Na/c1-13-20-19(14(2)32)24(34)31(20)21(25(35)36)22(13)41-17-11-18(30(12-17)27(38)40-28(3,4)5)23(33)29-16-9-7-8-15(10-16)26(37)39-6;/h7-10,13-14,17-20,32H,11-12H2,1-6H3,(H,29,33)(H,35,36);/q;+1/p-1/t13-,14-,17-,18-,19-,20-;/m1./s1. The normalized spacial score (nSPS) is 25.7. The summed E-state index contributed by atoms with van der Waals surface area (Å²) in [6.45, 7) is 8.48. The second-order valence-corrected chi connectivity index (χ2v) is 12.8. The predicted molar refractivity (Wildman–Crippen MR) is 146 cm³/mol. The van der Waals surface area contributed by atoms with Crippen molar-refractivity contribution >= 4 is 47.3 Å². The number of aliphatic hydroxyl groups excluding tert-OH is 1. The fraction of sp³-hybridized carbons (Fsp3) is 0.536. The number of hydrogen-bond donors (Lipinski definition) is 2. The molecule has 3 amide bonds. The van der Waals surface area contributed by atoms with Crippen LogP contribution in [0.2, 0.25) is 0 Å². The number of carbonyl (C=O) groups is 5. The number of hydrogen-bond acceptors (Lipinski definition) is 10. The van der Waals surface area contributed by atoms with E-state index in [9.17, 15) is 34.2 Å². The molecular formula is C28H34N3NaO9S. The molecule has 0 saturated carbocycles. The number of fused-ring (bicyclic) bond motifs is 1. The van der Waals surface area contributed by atoms with Gasteiger partial charge in [-0.05, 0) is 52.3 Å². The molecule has 222 valence electrons. The summed E-state index contributed by atoms with van der Waals surface area (Å²) in [5.74, 6) is -4.17. The molecule has 3 aliphatic heterocycles. The summed E-state index contributed by atoms with van der Waals surface area (Å²) in [4.78, 5) is 66.2. The molecule has 3 heterocycles. The van der Waals surface area contributed by atoms with Crippen LogP contribution in [0.5, 0.6) is 0 Å². The minimum Gasteiger partial charge on any atom is -0.543 e. The van der Waals surface area contributed by atoms with Crippen LogP contribution in [0.4, 0.5) is 10.5 Å². The maximum Gasteiger partial charge on any atom is 1.00 e. The summed E-state index contributed by atoms with van der Waals surface area (Å²) >= 11 is 1.19. The van der Waals surface area contributed by atoms with E-state index in [1.807, 2.05) is 0 Å². The number of carboxylic acid groups (broad SMARTS) is 1. The number of amides is 3. The van der Waals surface area contributed by atoms with E-state index in [2.05, 4.69) is 5.32 Å². The van der Waals surface area contributed by atoms with Gasteiger partial charge in [0.25, 0.3) is 0 Å². The molecular weight excluding hydrogens is 577 g/mol. The van der Waals surface area contributed by atoms with Crippen LogP contribution in [-0.4, -0.2) is 87.4 Å². The molecule has 42 heavy (non-hydrogen) atoms. The number of rotatable bonds is 7. The average Bonchev–Trinajstić information content (AvgIpc) is 3.40. The van der Waals surface area contributed by atoms with Gasteiger partial charge in [-0.3, -0.25) is 14.5 Å². The van der Waals surface area contributed by atoms with Crippen LogP contribution in [0.25, 0.3) is 0 Å². The summed E-state index contributed by atoms with van der Waals surface area (Å²) < 4.78 is 10.3. The third kappa shape index (κ3) is 6.65. The van der Waals surface area contributed by atoms with Gasteiger partial charge in [-0.25, -0.2) is 9.59 Å². The maximum atomic E-state index is 13.5. The van der Waals surface area contributed by atoms with E-state index in [4.69, 9.17) is 9.47 Å². The van der Waals surface area contributed by atoms with Crippen molar-refractivity contribution in [2.75, 3.05) is 19.0 Å². The first-order valence-corrected chi connectivity index (χ1v) is 14.1. The van der Waals surface area contributed by atoms with Gasteiger partial charge in [0, 0.05) is 28.3 Å². The Labute approximate surface area is 270 Å². The summed E-state index contributed by atoms with van der Waals surface area (Å²) in [6, 6.07) is 4.71. The third-order valence-electron chi connectivity index (χ3n) is 7.34. The first kappa shape index (κ1) is 33.9. The largest absolute Gasteiger partial charge is 1.00 e. The summed E-state index contributed by atoms with van der Waals surface area (Å²) in [6.07, 6.45) is -1.48. The number of carbonyl (C=O) groups excluding carboxylic acids is 5. The number of thioether (sulfide) groups is 1. The number of aliphatic hydroxyl groups is 1. The predicted octanol–water partition coefficient (Wildman–Crippen LogP) is -1.65. The van der Waals surface area contributed by atoms with Crippen molar-refractivity contribution in [2.24, 2.45) is 11.8 Å². The van der Waals surface area contributed by atoms with E-state index >= 15 is 0 Å². The number of carboxylic acids is 1. The molecule has 0 bridgehead atoms. The van der Waals surface area contributed by atoms with Gasteiger partial charge in [0.2, 0.25) is 11.8 Å². The number of benzene rings is 1. The van der Waals surface area contributed by atoms with Crippen molar-refractivity contribution in [3.05, 3.63) is 40.4 Å². The Morgan fingerprint density at radius 2 is 1.88 bits per heavy atom. The summed E-state index contributed by atoms with van der Waals surface area (Å²) in [5, 5.41) is 24.6. The van der Waals surface area contributed by atoms with Crippen molar-refractivity contribution in [3.63, 3.8) is 0 Å². The average molecular weight is 612 g/mol. The van der Waals surface area contributed by atoms with E-state index in [-0.39, 0.29) is 53.8 Å². The molecule has 2 saturated heterocycles. The van der Waals surface area contributed by atoms with Crippen LogP contribution in [-0.2, 0) is 23.9 Å². The van der Waals surface area contributed by atoms with E-state index in [1.54, 1.807) is 39.8 Å². The zero-order valence-electron chi connectivity index (χ0n) is 24.7. The van der Waals surface area contributed by atoms with Crippen LogP contribution < -0.4 is 40.0 Å². The molecule has 6 atom stereocenters. The Hall–Kier alpha value is -2.58. The number of likely N-dealkylation sites (tertiary alicyclic amines) is 1. The minimum atomic E-state index is -1.50. The molecule has 2 N–H and O–H groups in total. The van der Waals surface area contributed by atoms with Gasteiger partial charge in [0.05, 0.1) is 42.4 Å². The van der Waals surface area contributed by atoms with Crippen LogP contribution in [0.3, 0.4) is 0 Å². The number of nitrogens with zero attached hydrogens (tertiary/aromatic N) is 2. The number of β-lactam (4-membered cyclic amide) rings is 1. The fourth-order valence-electron chi connectivity index (χ4n) is 5.57. The first-order chi connectivity index (χ1) is 19.1. The number of aliphatic carboxylic acids is 1. The zero-order valence-corrected chi connectivity index (χ0v) is 27.5. The second-order valence-electron chi connectivity index (χ2n) is 11.4. The molecule has 1 aromatic carbocycles. The Balaban J connectivity index is 0.00000484. The molecule has 3 aliphatic rings. The van der Waals surface area contributed by atoms with Crippen molar-refractivity contribution in [1.29, 1.82) is 0 Å². The monoisotopic (exact) mass is 611 g/mol. The molecule has 0 aromatic heterocycles. The van der Waals surface area contributed by atoms with Crippen molar-refractivity contribution < 1.29 is 73.2 Å². The number of esters is 1. The Bertz CT molecular complexity index is 1310. The van der Waals surface area contributed by atoms with Gasteiger partial charge in [-0.1, -0.05) is 13.0 Å². The molecule has 0 radical (unpaired) electrons. The molecule has 14 heteroatoms. The van der Waals surface area contributed by atoms with Crippen LogP contribution in [0.15, 0.2) is 34.9 Å². The third-order valence-corrected chi connectivity index (χ3v) is 8.83. The van der Waals surface area contributed by atoms with Gasteiger partial charge < -0.3 is 34.7 Å². The number of methoxy groups -OCH3 is 1. The molecule has 12 nitrogen and oxygen atoms in total. The van der Waals surface area contributed by atoms with Crippen molar-refractivity contribution in [1.82, 2.24) is 9.80 Å². The van der Waals surface area contributed by atoms with Gasteiger partial charge in [-0.2, -0.15) is 0 Å². The van der Waals surface area contributed by atoms with Gasteiger partial charge in [0.15, 0.2) is 0 Å². The molecule has 2 fully saturated rings. The van der Waals surface area contributed by atoms with Crippen LogP contribution >= 0.6 is 11.8 Å². The van der Waals surface area contributed by atoms with Gasteiger partial charge in [-0.15, -0.1) is 11.8 Å². The first-order valence-electron chi connectivity index (χ1n) is 13.3. The SMILES string of the molecule is COC(=O)c1cccc(NC(=O)[C@H]2C[C@@H](SC3=C(C(=O)[O-])N4C(=O)[C@H]([C@@H](C)O)[C@H]4[C@H]3C)CN2C(=O)OC(C)(C)C)c1.[Na+]. The van der Waals surface area contributed by atoms with E-state index in [0.717, 1.165) is 0 Å². The van der Waals surface area contributed by atoms with Crippen LogP contribution in [0.1, 0.15) is 51.4 Å². The van der Waals surface area contributed by atoms with Crippen LogP contribution in [0, 0.1) is 11.8 Å². The quantitative estimate of drug-likeness (QED) is 0.207. The molecule has 4 rings (SSSR count). The molecule has 0 aliphatic carbocycles. The van der Waals surface area contributed by atoms with Gasteiger partial charge >= 0.3 is 41.6 Å². The smallest absolute Gasteiger partial charge is 0.543 e. The van der Waals surface area contributed by atoms with E-state index in [0.29, 0.717) is 10.6 Å². The second kappa shape index (κ2) is 13.0. The minimum absolute atomic E-state index is 0. The number of ether oxygens (including phenoxy) is 2. The van der Waals surface area contributed by atoms with E-state index < -0.39 is 70.7 Å².